The number of amides is 3. The van der Waals surface area contributed by atoms with Crippen LogP contribution in [-0.2, 0) is 14.4 Å². The van der Waals surface area contributed by atoms with E-state index in [1.807, 2.05) is 24.3 Å². The topological polar surface area (TPSA) is 69.7 Å². The second-order valence-corrected chi connectivity index (χ2v) is 9.33. The molecule has 0 aromatic heterocycles. The van der Waals surface area contributed by atoms with Gasteiger partial charge in [-0.3, -0.25) is 14.4 Å². The van der Waals surface area contributed by atoms with Gasteiger partial charge < -0.3 is 15.1 Å². The molecule has 3 amide bonds. The average Bonchev–Trinajstić information content (AvgIpc) is 3.15. The fraction of sp³-hybridized carbons (Fsp3) is 0.591. The zero-order valence-corrected chi connectivity index (χ0v) is 17.6. The summed E-state index contributed by atoms with van der Waals surface area (Å²) >= 11 is 1.32. The molecule has 2 fully saturated rings. The van der Waals surface area contributed by atoms with Crippen LogP contribution in [0.2, 0.25) is 0 Å². The van der Waals surface area contributed by atoms with Gasteiger partial charge in [-0.25, -0.2) is 0 Å². The number of benzene rings is 1. The van der Waals surface area contributed by atoms with E-state index in [-0.39, 0.29) is 30.3 Å². The highest BCUT2D eigenvalue weighted by molar-refractivity contribution is 8.01. The number of para-hydroxylation sites is 1. The molecule has 2 heterocycles. The van der Waals surface area contributed by atoms with Gasteiger partial charge in [0.2, 0.25) is 11.8 Å². The molecule has 0 radical (unpaired) electrons. The van der Waals surface area contributed by atoms with Crippen LogP contribution in [0.4, 0.5) is 5.69 Å². The van der Waals surface area contributed by atoms with Crippen LogP contribution in [0.15, 0.2) is 29.2 Å². The maximum Gasteiger partial charge on any atom is 0.250 e. The van der Waals surface area contributed by atoms with E-state index in [0.717, 1.165) is 49.1 Å². The van der Waals surface area contributed by atoms with Crippen molar-refractivity contribution in [1.82, 2.24) is 10.2 Å². The minimum absolute atomic E-state index is 0.0311. The number of likely N-dealkylation sites (tertiary alicyclic amines) is 1. The Bertz CT molecular complexity index is 770. The molecular weight excluding hydrogens is 386 g/mol. The Morgan fingerprint density at radius 2 is 1.69 bits per heavy atom. The maximum atomic E-state index is 13.2. The minimum atomic E-state index is -0.798. The van der Waals surface area contributed by atoms with Crippen molar-refractivity contribution in [2.75, 3.05) is 24.5 Å². The van der Waals surface area contributed by atoms with Crippen molar-refractivity contribution in [1.29, 1.82) is 0 Å². The lowest BCUT2D eigenvalue weighted by Gasteiger charge is -2.34. The molecule has 1 atom stereocenters. The average molecular weight is 416 g/mol. The predicted octanol–water partition coefficient (Wildman–Crippen LogP) is 2.96. The molecular formula is C22H29N3O3S. The van der Waals surface area contributed by atoms with Crippen LogP contribution in [0, 0.1) is 0 Å². The molecule has 1 saturated carbocycles. The van der Waals surface area contributed by atoms with E-state index in [4.69, 9.17) is 0 Å². The third kappa shape index (κ3) is 4.60. The molecule has 6 nitrogen and oxygen atoms in total. The van der Waals surface area contributed by atoms with Crippen LogP contribution in [0.25, 0.3) is 0 Å². The molecule has 4 rings (SSSR count). The van der Waals surface area contributed by atoms with Crippen molar-refractivity contribution in [3.05, 3.63) is 24.3 Å². The van der Waals surface area contributed by atoms with E-state index in [0.29, 0.717) is 13.1 Å². The Morgan fingerprint density at radius 3 is 2.41 bits per heavy atom. The summed E-state index contributed by atoms with van der Waals surface area (Å²) in [6.45, 7) is 1.40. The number of anilines is 1. The normalized spacial score (nSPS) is 22.9. The number of hydrogen-bond acceptors (Lipinski definition) is 4. The molecule has 0 bridgehead atoms. The zero-order valence-electron chi connectivity index (χ0n) is 16.8. The first-order valence-corrected chi connectivity index (χ1v) is 11.7. The summed E-state index contributed by atoms with van der Waals surface area (Å²) < 4.78 is 0. The largest absolute Gasteiger partial charge is 0.352 e. The highest BCUT2D eigenvalue weighted by atomic mass is 32.2. The molecule has 1 aliphatic carbocycles. The number of carbonyl (C=O) groups excluding carboxylic acids is 3. The van der Waals surface area contributed by atoms with E-state index >= 15 is 0 Å². The van der Waals surface area contributed by atoms with Gasteiger partial charge in [0.25, 0.3) is 5.91 Å². The van der Waals surface area contributed by atoms with Gasteiger partial charge in [-0.05, 0) is 37.8 Å². The molecule has 156 valence electrons. The van der Waals surface area contributed by atoms with Crippen LogP contribution in [0.3, 0.4) is 0 Å². The molecule has 1 aromatic carbocycles. The van der Waals surface area contributed by atoms with E-state index in [1.54, 1.807) is 4.90 Å². The van der Waals surface area contributed by atoms with Gasteiger partial charge >= 0.3 is 0 Å². The Kier molecular flexibility index (Phi) is 6.43. The minimum Gasteiger partial charge on any atom is -0.352 e. The van der Waals surface area contributed by atoms with E-state index < -0.39 is 5.25 Å². The van der Waals surface area contributed by atoms with Gasteiger partial charge in [-0.2, -0.15) is 0 Å². The maximum absolute atomic E-state index is 13.2. The fourth-order valence-corrected chi connectivity index (χ4v) is 5.67. The highest BCUT2D eigenvalue weighted by Gasteiger charge is 2.41. The number of thioether (sulfide) groups is 1. The first kappa shape index (κ1) is 20.3. The number of hydrogen-bond donors (Lipinski definition) is 1. The highest BCUT2D eigenvalue weighted by Crippen LogP contribution is 2.40. The zero-order chi connectivity index (χ0) is 20.2. The van der Waals surface area contributed by atoms with Crippen LogP contribution < -0.4 is 10.2 Å². The van der Waals surface area contributed by atoms with Crippen molar-refractivity contribution in [3.63, 3.8) is 0 Å². The predicted molar refractivity (Wildman–Crippen MR) is 114 cm³/mol. The molecule has 1 N–H and O–H groups in total. The van der Waals surface area contributed by atoms with Crippen molar-refractivity contribution < 1.29 is 14.4 Å². The monoisotopic (exact) mass is 415 g/mol. The fourth-order valence-electron chi connectivity index (χ4n) is 4.48. The quantitative estimate of drug-likeness (QED) is 0.606. The van der Waals surface area contributed by atoms with Crippen LogP contribution in [-0.4, -0.2) is 53.5 Å². The van der Waals surface area contributed by atoms with Crippen LogP contribution in [0.5, 0.6) is 0 Å². The third-order valence-electron chi connectivity index (χ3n) is 6.06. The summed E-state index contributed by atoms with van der Waals surface area (Å²) in [5, 5.41) is 2.32. The standard InChI is InChI=1S/C22H29N3O3S/c26-19(23-16-9-3-1-2-4-10-16)15-25-17-11-5-6-12-18(17)29-20(22(25)28)21(27)24-13-7-8-14-24/h5-6,11-12,16,20H,1-4,7-10,13-15H2,(H,23,26). The van der Waals surface area contributed by atoms with Gasteiger partial charge in [0.1, 0.15) is 6.54 Å². The number of carbonyl (C=O) groups is 3. The van der Waals surface area contributed by atoms with E-state index in [2.05, 4.69) is 5.32 Å². The van der Waals surface area contributed by atoms with Gasteiger partial charge in [0, 0.05) is 24.0 Å². The van der Waals surface area contributed by atoms with Gasteiger partial charge in [-0.15, -0.1) is 11.8 Å². The second-order valence-electron chi connectivity index (χ2n) is 8.18. The first-order valence-electron chi connectivity index (χ1n) is 10.8. The Labute approximate surface area is 176 Å². The third-order valence-corrected chi connectivity index (χ3v) is 7.29. The van der Waals surface area contributed by atoms with Crippen molar-refractivity contribution in [2.45, 2.75) is 67.6 Å². The van der Waals surface area contributed by atoms with Crippen molar-refractivity contribution in [3.8, 4) is 0 Å². The number of fused-ring (bicyclic) bond motifs is 1. The summed E-state index contributed by atoms with van der Waals surface area (Å²) in [7, 11) is 0. The molecule has 1 aromatic rings. The summed E-state index contributed by atoms with van der Waals surface area (Å²) in [5.41, 5.74) is 0.726. The molecule has 1 unspecified atom stereocenters. The van der Waals surface area contributed by atoms with Crippen LogP contribution >= 0.6 is 11.8 Å². The number of nitrogens with zero attached hydrogens (tertiary/aromatic N) is 2. The number of nitrogens with one attached hydrogen (secondary N) is 1. The summed E-state index contributed by atoms with van der Waals surface area (Å²) in [5.74, 6) is -0.540. The Balaban J connectivity index is 1.50. The van der Waals surface area contributed by atoms with Crippen LogP contribution in [0.1, 0.15) is 51.4 Å². The molecule has 3 aliphatic rings. The Hall–Kier alpha value is -2.02. The van der Waals surface area contributed by atoms with E-state index in [9.17, 15) is 14.4 Å². The summed E-state index contributed by atoms with van der Waals surface area (Å²) in [4.78, 5) is 43.2. The van der Waals surface area contributed by atoms with Crippen molar-refractivity contribution in [2.24, 2.45) is 0 Å². The smallest absolute Gasteiger partial charge is 0.250 e. The molecule has 0 spiro atoms. The van der Waals surface area contributed by atoms with Gasteiger partial charge in [0.05, 0.1) is 5.69 Å². The SMILES string of the molecule is O=C(CN1C(=O)C(C(=O)N2CCCC2)Sc2ccccc21)NC1CCCCCC1. The van der Waals surface area contributed by atoms with Gasteiger partial charge in [-0.1, -0.05) is 37.8 Å². The van der Waals surface area contributed by atoms with E-state index in [1.165, 1.54) is 29.5 Å². The Morgan fingerprint density at radius 1 is 1.00 bits per heavy atom. The second kappa shape index (κ2) is 9.20. The van der Waals surface area contributed by atoms with Gasteiger partial charge in [0.15, 0.2) is 5.25 Å². The van der Waals surface area contributed by atoms with Crippen molar-refractivity contribution >= 4 is 35.2 Å². The molecule has 2 aliphatic heterocycles. The first-order chi connectivity index (χ1) is 14.1. The summed E-state index contributed by atoms with van der Waals surface area (Å²) in [6.07, 6.45) is 8.70. The lowest BCUT2D eigenvalue weighted by molar-refractivity contribution is -0.134. The summed E-state index contributed by atoms with van der Waals surface area (Å²) in [6, 6.07) is 7.74. The lowest BCUT2D eigenvalue weighted by Crippen LogP contribution is -2.52. The molecule has 29 heavy (non-hydrogen) atoms. The molecule has 7 heteroatoms. The molecule has 1 saturated heterocycles. The number of rotatable bonds is 4. The lowest BCUT2D eigenvalue weighted by atomic mass is 10.1.